The van der Waals surface area contributed by atoms with Gasteiger partial charge in [-0.25, -0.2) is 9.97 Å². The summed E-state index contributed by atoms with van der Waals surface area (Å²) in [5, 5.41) is 3.59. The lowest BCUT2D eigenvalue weighted by Gasteiger charge is -2.03. The summed E-state index contributed by atoms with van der Waals surface area (Å²) in [6.45, 7) is 0. The van der Waals surface area contributed by atoms with E-state index in [4.69, 9.17) is 23.2 Å². The Balaban J connectivity index is 1.62. The standard InChI is InChI=1S/C17H9Cl2N5OS/c18-12-6-14(19)21-8-11(12)16(25)24-17-23-15-13(26-17)5-10(7-22-15)9-1-3-20-4-2-9/h1-8H,(H,22,23,24,25). The van der Waals surface area contributed by atoms with E-state index in [-0.39, 0.29) is 15.7 Å². The number of nitrogens with one attached hydrogen (secondary N) is 1. The third-order valence-electron chi connectivity index (χ3n) is 3.55. The van der Waals surface area contributed by atoms with Gasteiger partial charge >= 0.3 is 0 Å². The van der Waals surface area contributed by atoms with Gasteiger partial charge in [0, 0.05) is 30.4 Å². The van der Waals surface area contributed by atoms with Gasteiger partial charge < -0.3 is 0 Å². The normalized spacial score (nSPS) is 10.8. The van der Waals surface area contributed by atoms with Crippen LogP contribution in [0.2, 0.25) is 10.2 Å². The molecule has 0 saturated carbocycles. The fourth-order valence-electron chi connectivity index (χ4n) is 2.31. The molecular formula is C17H9Cl2N5OS. The van der Waals surface area contributed by atoms with E-state index in [1.54, 1.807) is 18.6 Å². The summed E-state index contributed by atoms with van der Waals surface area (Å²) in [6, 6.07) is 7.20. The van der Waals surface area contributed by atoms with Crippen LogP contribution in [0, 0.1) is 0 Å². The van der Waals surface area contributed by atoms with E-state index in [0.29, 0.717) is 10.8 Å². The number of hydrogen-bond acceptors (Lipinski definition) is 6. The quantitative estimate of drug-likeness (QED) is 0.502. The number of amides is 1. The maximum absolute atomic E-state index is 12.4. The number of hydrogen-bond donors (Lipinski definition) is 1. The van der Waals surface area contributed by atoms with Crippen LogP contribution in [0.25, 0.3) is 21.5 Å². The number of pyridine rings is 3. The molecule has 9 heteroatoms. The first-order valence-electron chi connectivity index (χ1n) is 7.39. The molecule has 0 aliphatic carbocycles. The summed E-state index contributed by atoms with van der Waals surface area (Å²) in [5.74, 6) is -0.410. The van der Waals surface area contributed by atoms with E-state index in [9.17, 15) is 4.79 Å². The van der Waals surface area contributed by atoms with E-state index in [1.165, 1.54) is 23.6 Å². The highest BCUT2D eigenvalue weighted by Crippen LogP contribution is 2.29. The predicted molar refractivity (Wildman–Crippen MR) is 103 cm³/mol. The summed E-state index contributed by atoms with van der Waals surface area (Å²) in [5.41, 5.74) is 2.74. The molecule has 0 fully saturated rings. The van der Waals surface area contributed by atoms with Gasteiger partial charge in [-0.1, -0.05) is 34.5 Å². The lowest BCUT2D eigenvalue weighted by molar-refractivity contribution is 0.102. The Morgan fingerprint density at radius 2 is 1.85 bits per heavy atom. The van der Waals surface area contributed by atoms with E-state index in [2.05, 4.69) is 25.3 Å². The Morgan fingerprint density at radius 3 is 2.62 bits per heavy atom. The molecule has 4 aromatic heterocycles. The van der Waals surface area contributed by atoms with Crippen molar-refractivity contribution >= 4 is 55.9 Å². The predicted octanol–water partition coefficient (Wildman–Crippen LogP) is 4.71. The van der Waals surface area contributed by atoms with E-state index in [0.717, 1.165) is 15.8 Å². The van der Waals surface area contributed by atoms with Crippen LogP contribution in [-0.4, -0.2) is 25.8 Å². The van der Waals surface area contributed by atoms with E-state index < -0.39 is 5.91 Å². The second kappa shape index (κ2) is 6.95. The summed E-state index contributed by atoms with van der Waals surface area (Å²) < 4.78 is 0.856. The molecule has 0 aliphatic rings. The monoisotopic (exact) mass is 401 g/mol. The third-order valence-corrected chi connectivity index (χ3v) is 4.97. The van der Waals surface area contributed by atoms with Crippen LogP contribution >= 0.6 is 34.5 Å². The van der Waals surface area contributed by atoms with Gasteiger partial charge in [0.15, 0.2) is 10.8 Å². The Bertz CT molecular complexity index is 1120. The van der Waals surface area contributed by atoms with Crippen molar-refractivity contribution in [2.45, 2.75) is 0 Å². The fraction of sp³-hybridized carbons (Fsp3) is 0. The molecule has 128 valence electrons. The summed E-state index contributed by atoms with van der Waals surface area (Å²) in [6.07, 6.45) is 6.51. The minimum atomic E-state index is -0.410. The van der Waals surface area contributed by atoms with Gasteiger partial charge in [0.1, 0.15) is 5.15 Å². The number of nitrogens with zero attached hydrogens (tertiary/aromatic N) is 4. The molecule has 0 aromatic carbocycles. The summed E-state index contributed by atoms with van der Waals surface area (Å²) in [4.78, 5) is 29.0. The number of fused-ring (bicyclic) bond motifs is 1. The number of thiazole rings is 1. The van der Waals surface area contributed by atoms with Gasteiger partial charge in [-0.05, 0) is 29.8 Å². The van der Waals surface area contributed by atoms with Crippen LogP contribution in [0.3, 0.4) is 0 Å². The topological polar surface area (TPSA) is 80.7 Å². The molecule has 4 rings (SSSR count). The molecule has 4 heterocycles. The number of halogens is 2. The van der Waals surface area contributed by atoms with Crippen molar-refractivity contribution in [3.63, 3.8) is 0 Å². The van der Waals surface area contributed by atoms with Crippen LogP contribution in [0.1, 0.15) is 10.4 Å². The smallest absolute Gasteiger partial charge is 0.260 e. The molecule has 26 heavy (non-hydrogen) atoms. The molecule has 1 amide bonds. The average Bonchev–Trinajstić information content (AvgIpc) is 3.03. The van der Waals surface area contributed by atoms with Gasteiger partial charge in [0.05, 0.1) is 15.3 Å². The molecular weight excluding hydrogens is 393 g/mol. The Labute approximate surface area is 161 Å². The largest absolute Gasteiger partial charge is 0.298 e. The zero-order chi connectivity index (χ0) is 18.1. The molecule has 0 spiro atoms. The average molecular weight is 402 g/mol. The fourth-order valence-corrected chi connectivity index (χ4v) is 3.63. The molecule has 0 atom stereocenters. The summed E-state index contributed by atoms with van der Waals surface area (Å²) >= 11 is 13.1. The minimum absolute atomic E-state index is 0.222. The van der Waals surface area contributed by atoms with Crippen molar-refractivity contribution in [1.82, 2.24) is 19.9 Å². The minimum Gasteiger partial charge on any atom is -0.298 e. The summed E-state index contributed by atoms with van der Waals surface area (Å²) in [7, 11) is 0. The van der Waals surface area contributed by atoms with Crippen LogP contribution in [0.5, 0.6) is 0 Å². The molecule has 6 nitrogen and oxygen atoms in total. The number of aromatic nitrogens is 4. The Morgan fingerprint density at radius 1 is 1.04 bits per heavy atom. The van der Waals surface area contributed by atoms with Crippen molar-refractivity contribution in [2.75, 3.05) is 5.32 Å². The molecule has 0 bridgehead atoms. The SMILES string of the molecule is O=C(Nc1nc2ncc(-c3ccncc3)cc2s1)c1cnc(Cl)cc1Cl. The number of carbonyl (C=O) groups is 1. The van der Waals surface area contributed by atoms with Crippen LogP contribution in [0.15, 0.2) is 49.1 Å². The lowest BCUT2D eigenvalue weighted by atomic mass is 10.1. The van der Waals surface area contributed by atoms with Gasteiger partial charge in [0.25, 0.3) is 5.91 Å². The molecule has 0 unspecified atom stereocenters. The second-order valence-electron chi connectivity index (χ2n) is 5.24. The van der Waals surface area contributed by atoms with E-state index in [1.807, 2.05) is 18.2 Å². The molecule has 0 saturated heterocycles. The first kappa shape index (κ1) is 16.8. The van der Waals surface area contributed by atoms with Crippen molar-refractivity contribution in [3.8, 4) is 11.1 Å². The lowest BCUT2D eigenvalue weighted by Crippen LogP contribution is -2.12. The first-order valence-corrected chi connectivity index (χ1v) is 8.97. The Hall–Kier alpha value is -2.61. The van der Waals surface area contributed by atoms with Gasteiger partial charge in [-0.2, -0.15) is 4.98 Å². The zero-order valence-electron chi connectivity index (χ0n) is 13.0. The van der Waals surface area contributed by atoms with Crippen molar-refractivity contribution < 1.29 is 4.79 Å². The van der Waals surface area contributed by atoms with Crippen molar-refractivity contribution in [2.24, 2.45) is 0 Å². The highest BCUT2D eigenvalue weighted by atomic mass is 35.5. The highest BCUT2D eigenvalue weighted by Gasteiger charge is 2.15. The third kappa shape index (κ3) is 3.37. The molecule has 0 radical (unpaired) electrons. The number of rotatable bonds is 3. The van der Waals surface area contributed by atoms with Crippen LogP contribution in [-0.2, 0) is 0 Å². The maximum atomic E-state index is 12.4. The van der Waals surface area contributed by atoms with Crippen molar-refractivity contribution in [1.29, 1.82) is 0 Å². The van der Waals surface area contributed by atoms with Crippen LogP contribution < -0.4 is 5.32 Å². The van der Waals surface area contributed by atoms with Crippen molar-refractivity contribution in [3.05, 3.63) is 64.8 Å². The maximum Gasteiger partial charge on any atom is 0.260 e. The first-order chi connectivity index (χ1) is 12.6. The van der Waals surface area contributed by atoms with Gasteiger partial charge in [0.2, 0.25) is 0 Å². The molecule has 0 aliphatic heterocycles. The highest BCUT2D eigenvalue weighted by molar-refractivity contribution is 7.22. The Kier molecular flexibility index (Phi) is 4.50. The molecule has 1 N–H and O–H groups in total. The number of carbonyl (C=O) groups excluding carboxylic acids is 1. The molecule has 4 aromatic rings. The second-order valence-corrected chi connectivity index (χ2v) is 7.07. The van der Waals surface area contributed by atoms with Gasteiger partial charge in [-0.3, -0.25) is 15.1 Å². The van der Waals surface area contributed by atoms with Crippen LogP contribution in [0.4, 0.5) is 5.13 Å². The zero-order valence-corrected chi connectivity index (χ0v) is 15.3. The number of anilines is 1. The van der Waals surface area contributed by atoms with Gasteiger partial charge in [-0.15, -0.1) is 0 Å². The van der Waals surface area contributed by atoms with E-state index >= 15 is 0 Å².